The molecule has 1 N–H and O–H groups in total. The highest BCUT2D eigenvalue weighted by Gasteiger charge is 2.43. The third kappa shape index (κ3) is 2.43. The highest BCUT2D eigenvalue weighted by Crippen LogP contribution is 2.46. The fourth-order valence-corrected chi connectivity index (χ4v) is 4.22. The summed E-state index contributed by atoms with van der Waals surface area (Å²) in [6, 6.07) is 25.1. The number of aromatic amines is 1. The summed E-state index contributed by atoms with van der Waals surface area (Å²) < 4.78 is 11.1. The van der Waals surface area contributed by atoms with Crippen LogP contribution in [0.1, 0.15) is 27.7 Å². The van der Waals surface area contributed by atoms with Gasteiger partial charge in [-0.05, 0) is 29.8 Å². The molecule has 2 aliphatic heterocycles. The molecule has 3 heterocycles. The van der Waals surface area contributed by atoms with E-state index >= 15 is 0 Å². The summed E-state index contributed by atoms with van der Waals surface area (Å²) in [5, 5.41) is 7.50. The zero-order chi connectivity index (χ0) is 20.1. The number of para-hydroxylation sites is 1. The van der Waals surface area contributed by atoms with Crippen LogP contribution < -0.4 is 14.4 Å². The van der Waals surface area contributed by atoms with Crippen LogP contribution >= 0.6 is 0 Å². The maximum absolute atomic E-state index is 13.5. The van der Waals surface area contributed by atoms with Gasteiger partial charge in [0.1, 0.15) is 5.69 Å². The summed E-state index contributed by atoms with van der Waals surface area (Å²) in [6.07, 6.45) is 0. The van der Waals surface area contributed by atoms with Gasteiger partial charge in [-0.2, -0.15) is 5.10 Å². The number of carbonyl (C=O) groups is 1. The number of H-pyrrole nitrogens is 1. The van der Waals surface area contributed by atoms with Crippen molar-refractivity contribution in [1.82, 2.24) is 10.2 Å². The predicted molar refractivity (Wildman–Crippen MR) is 112 cm³/mol. The standard InChI is InChI=1S/C24H17N3O3/c28-24-22-20(21(25-26-22)15-7-3-1-4-8-15)23(27(24)17-9-5-2-6-10-17)16-11-12-18-19(13-16)30-14-29-18/h1-13,23H,14H2,(H,25,26)/t23-/m0/s1. The summed E-state index contributed by atoms with van der Waals surface area (Å²) in [5.74, 6) is 1.30. The lowest BCUT2D eigenvalue weighted by atomic mass is 9.95. The summed E-state index contributed by atoms with van der Waals surface area (Å²) in [6.45, 7) is 0.205. The molecule has 1 atom stereocenters. The Kier molecular flexibility index (Phi) is 3.64. The van der Waals surface area contributed by atoms with Crippen LogP contribution in [0.3, 0.4) is 0 Å². The van der Waals surface area contributed by atoms with Gasteiger partial charge in [-0.15, -0.1) is 0 Å². The van der Waals surface area contributed by atoms with Gasteiger partial charge in [0.15, 0.2) is 11.5 Å². The SMILES string of the molecule is O=C1c2[nH]nc(-c3ccccc3)c2[C@H](c2ccc3c(c2)OCO3)N1c1ccccc1. The largest absolute Gasteiger partial charge is 0.454 e. The highest BCUT2D eigenvalue weighted by molar-refractivity contribution is 6.11. The minimum atomic E-state index is -0.335. The van der Waals surface area contributed by atoms with E-state index in [4.69, 9.17) is 9.47 Å². The Balaban J connectivity index is 1.57. The van der Waals surface area contributed by atoms with Crippen LogP contribution in [0.4, 0.5) is 5.69 Å². The molecule has 6 nitrogen and oxygen atoms in total. The average molecular weight is 395 g/mol. The minimum absolute atomic E-state index is 0.103. The second-order valence-electron chi connectivity index (χ2n) is 7.25. The van der Waals surface area contributed by atoms with E-state index in [1.807, 2.05) is 83.8 Å². The van der Waals surface area contributed by atoms with Crippen molar-refractivity contribution >= 4 is 11.6 Å². The number of hydrogen-bond donors (Lipinski definition) is 1. The molecule has 0 spiro atoms. The predicted octanol–water partition coefficient (Wildman–Crippen LogP) is 4.56. The van der Waals surface area contributed by atoms with Crippen molar-refractivity contribution < 1.29 is 14.3 Å². The van der Waals surface area contributed by atoms with Crippen molar-refractivity contribution in [2.24, 2.45) is 0 Å². The minimum Gasteiger partial charge on any atom is -0.454 e. The van der Waals surface area contributed by atoms with Gasteiger partial charge in [-0.25, -0.2) is 0 Å². The quantitative estimate of drug-likeness (QED) is 0.552. The number of nitrogens with zero attached hydrogens (tertiary/aromatic N) is 2. The number of nitrogens with one attached hydrogen (secondary N) is 1. The Labute approximate surface area is 172 Å². The zero-order valence-electron chi connectivity index (χ0n) is 15.9. The molecular formula is C24H17N3O3. The second-order valence-corrected chi connectivity index (χ2v) is 7.25. The van der Waals surface area contributed by atoms with E-state index in [9.17, 15) is 4.79 Å². The smallest absolute Gasteiger partial charge is 0.277 e. The van der Waals surface area contributed by atoms with Crippen molar-refractivity contribution in [3.8, 4) is 22.8 Å². The molecule has 4 aromatic rings. The lowest BCUT2D eigenvalue weighted by Crippen LogP contribution is -2.29. The summed E-state index contributed by atoms with van der Waals surface area (Å²) >= 11 is 0. The number of ether oxygens (including phenoxy) is 2. The molecule has 1 amide bonds. The molecule has 1 aromatic heterocycles. The van der Waals surface area contributed by atoms with Crippen molar-refractivity contribution in [1.29, 1.82) is 0 Å². The molecule has 6 heteroatoms. The van der Waals surface area contributed by atoms with Crippen molar-refractivity contribution in [3.05, 3.63) is 95.7 Å². The van der Waals surface area contributed by atoms with E-state index in [1.165, 1.54) is 0 Å². The van der Waals surface area contributed by atoms with Gasteiger partial charge in [0.25, 0.3) is 5.91 Å². The van der Waals surface area contributed by atoms with Gasteiger partial charge in [0.05, 0.1) is 11.7 Å². The summed E-state index contributed by atoms with van der Waals surface area (Å²) in [7, 11) is 0. The van der Waals surface area contributed by atoms with Crippen LogP contribution in [-0.4, -0.2) is 22.9 Å². The Morgan fingerprint density at radius 1 is 0.900 bits per heavy atom. The Bertz CT molecular complexity index is 1250. The number of amides is 1. The van der Waals surface area contributed by atoms with Crippen molar-refractivity contribution in [3.63, 3.8) is 0 Å². The third-order valence-electron chi connectivity index (χ3n) is 5.56. The molecule has 146 valence electrons. The van der Waals surface area contributed by atoms with Crippen LogP contribution in [-0.2, 0) is 0 Å². The molecule has 0 aliphatic carbocycles. The van der Waals surface area contributed by atoms with Crippen LogP contribution in [0.5, 0.6) is 11.5 Å². The van der Waals surface area contributed by atoms with Gasteiger partial charge in [-0.1, -0.05) is 54.6 Å². The van der Waals surface area contributed by atoms with Crippen LogP contribution in [0, 0.1) is 0 Å². The molecule has 30 heavy (non-hydrogen) atoms. The van der Waals surface area contributed by atoms with E-state index in [-0.39, 0.29) is 18.7 Å². The lowest BCUT2D eigenvalue weighted by Gasteiger charge is -2.26. The number of hydrogen-bond acceptors (Lipinski definition) is 4. The Hall–Kier alpha value is -4.06. The molecule has 3 aromatic carbocycles. The lowest BCUT2D eigenvalue weighted by molar-refractivity contribution is 0.0988. The maximum Gasteiger partial charge on any atom is 0.277 e. The van der Waals surface area contributed by atoms with E-state index < -0.39 is 0 Å². The normalized spacial score (nSPS) is 16.7. The summed E-state index contributed by atoms with van der Waals surface area (Å²) in [5.41, 5.74) is 4.89. The molecule has 0 bridgehead atoms. The molecule has 0 fully saturated rings. The van der Waals surface area contributed by atoms with Gasteiger partial charge >= 0.3 is 0 Å². The molecule has 0 unspecified atom stereocenters. The number of benzene rings is 3. The monoisotopic (exact) mass is 395 g/mol. The summed E-state index contributed by atoms with van der Waals surface area (Å²) in [4.78, 5) is 15.3. The molecule has 2 aliphatic rings. The maximum atomic E-state index is 13.5. The van der Waals surface area contributed by atoms with Crippen molar-refractivity contribution in [2.45, 2.75) is 6.04 Å². The Morgan fingerprint density at radius 3 is 2.43 bits per heavy atom. The van der Waals surface area contributed by atoms with Gasteiger partial charge < -0.3 is 9.47 Å². The first-order valence-corrected chi connectivity index (χ1v) is 9.73. The number of rotatable bonds is 3. The van der Waals surface area contributed by atoms with E-state index in [1.54, 1.807) is 0 Å². The number of aromatic nitrogens is 2. The zero-order valence-corrected chi connectivity index (χ0v) is 15.9. The molecule has 6 rings (SSSR count). The van der Waals surface area contributed by atoms with Crippen LogP contribution in [0.15, 0.2) is 78.9 Å². The number of anilines is 1. The molecular weight excluding hydrogens is 378 g/mol. The molecule has 0 radical (unpaired) electrons. The van der Waals surface area contributed by atoms with Gasteiger partial charge in [0.2, 0.25) is 6.79 Å². The topological polar surface area (TPSA) is 67.5 Å². The fourth-order valence-electron chi connectivity index (χ4n) is 4.22. The number of fused-ring (bicyclic) bond motifs is 2. The first-order valence-electron chi connectivity index (χ1n) is 9.73. The van der Waals surface area contributed by atoms with Gasteiger partial charge in [-0.3, -0.25) is 14.8 Å². The fraction of sp³-hybridized carbons (Fsp3) is 0.0833. The van der Waals surface area contributed by atoms with Crippen LogP contribution in [0.25, 0.3) is 11.3 Å². The van der Waals surface area contributed by atoms with Crippen molar-refractivity contribution in [2.75, 3.05) is 11.7 Å². The molecule has 0 saturated carbocycles. The van der Waals surface area contributed by atoms with E-state index in [0.29, 0.717) is 17.2 Å². The second kappa shape index (κ2) is 6.49. The highest BCUT2D eigenvalue weighted by atomic mass is 16.7. The Morgan fingerprint density at radius 2 is 1.63 bits per heavy atom. The number of carbonyl (C=O) groups excluding carboxylic acids is 1. The van der Waals surface area contributed by atoms with E-state index in [2.05, 4.69) is 10.2 Å². The average Bonchev–Trinajstić information content (AvgIpc) is 3.50. The third-order valence-corrected chi connectivity index (χ3v) is 5.56. The first-order chi connectivity index (χ1) is 14.8. The van der Waals surface area contributed by atoms with Gasteiger partial charge in [0, 0.05) is 16.8 Å². The molecule has 0 saturated heterocycles. The first kappa shape index (κ1) is 16.9. The van der Waals surface area contributed by atoms with E-state index in [0.717, 1.165) is 28.1 Å². The van der Waals surface area contributed by atoms with Crippen LogP contribution in [0.2, 0.25) is 0 Å².